The number of hydrogen-bond acceptors (Lipinski definition) is 3. The normalized spacial score (nSPS) is 13.3. The van der Waals surface area contributed by atoms with Crippen molar-refractivity contribution in [2.45, 2.75) is 122 Å². The molecule has 0 saturated carbocycles. The minimum atomic E-state index is -5.48. The summed E-state index contributed by atoms with van der Waals surface area (Å²) in [4.78, 5) is 0. The van der Waals surface area contributed by atoms with Gasteiger partial charge in [0.1, 0.15) is 0 Å². The second-order valence-corrected chi connectivity index (χ2v) is 9.48. The van der Waals surface area contributed by atoms with Gasteiger partial charge >= 0.3 is 15.6 Å². The number of hydrogen-bond donors (Lipinski definition) is 0. The SMILES string of the molecule is CCCCCCCCCCC(CCCCCCCC)COS(=O)(=O)C(F)(F)F.[Zn]. The summed E-state index contributed by atoms with van der Waals surface area (Å²) in [6, 6.07) is 0. The van der Waals surface area contributed by atoms with Crippen molar-refractivity contribution in [3.63, 3.8) is 0 Å². The van der Waals surface area contributed by atoms with Crippen LogP contribution >= 0.6 is 0 Å². The van der Waals surface area contributed by atoms with Crippen molar-refractivity contribution in [2.75, 3.05) is 6.61 Å². The molecule has 29 heavy (non-hydrogen) atoms. The van der Waals surface area contributed by atoms with E-state index in [1.807, 2.05) is 0 Å². The molecule has 0 rings (SSSR count). The molecule has 0 saturated heterocycles. The molecule has 1 unspecified atom stereocenters. The largest absolute Gasteiger partial charge is 0.523 e. The molecule has 0 aliphatic rings. The van der Waals surface area contributed by atoms with Gasteiger partial charge in [-0.05, 0) is 18.8 Å². The van der Waals surface area contributed by atoms with Crippen LogP contribution in [0.2, 0.25) is 0 Å². The molecule has 0 fully saturated rings. The van der Waals surface area contributed by atoms with Crippen molar-refractivity contribution >= 4 is 10.1 Å². The maximum absolute atomic E-state index is 12.5. The summed E-state index contributed by atoms with van der Waals surface area (Å²) in [5.41, 5.74) is -5.34. The van der Waals surface area contributed by atoms with Crippen LogP contribution in [0.25, 0.3) is 0 Å². The zero-order valence-electron chi connectivity index (χ0n) is 18.6. The molecule has 1 atom stereocenters. The Morgan fingerprint density at radius 1 is 0.690 bits per heavy atom. The summed E-state index contributed by atoms with van der Waals surface area (Å²) in [5, 5.41) is 0. The monoisotopic (exact) mass is 494 g/mol. The van der Waals surface area contributed by atoms with Gasteiger partial charge in [-0.3, -0.25) is 4.18 Å². The van der Waals surface area contributed by atoms with Gasteiger partial charge in [0.2, 0.25) is 0 Å². The van der Waals surface area contributed by atoms with Crippen molar-refractivity contribution in [1.82, 2.24) is 0 Å². The molecule has 0 aromatic rings. The molecular weight excluding hydrogens is 455 g/mol. The summed E-state index contributed by atoms with van der Waals surface area (Å²) in [5.74, 6) is -0.122. The second-order valence-electron chi connectivity index (χ2n) is 7.87. The Bertz CT molecular complexity index is 457. The molecule has 8 heteroatoms. The van der Waals surface area contributed by atoms with Gasteiger partial charge in [-0.1, -0.05) is 104 Å². The van der Waals surface area contributed by atoms with Gasteiger partial charge in [0.05, 0.1) is 6.61 Å². The van der Waals surface area contributed by atoms with Crippen molar-refractivity contribution in [2.24, 2.45) is 5.92 Å². The van der Waals surface area contributed by atoms with E-state index in [0.29, 0.717) is 0 Å². The fourth-order valence-electron chi connectivity index (χ4n) is 3.34. The van der Waals surface area contributed by atoms with Crippen LogP contribution in [0.1, 0.15) is 117 Å². The first-order valence-corrected chi connectivity index (χ1v) is 12.6. The molecule has 0 aliphatic carbocycles. The van der Waals surface area contributed by atoms with Crippen molar-refractivity contribution in [3.05, 3.63) is 0 Å². The minimum Gasteiger partial charge on any atom is -0.263 e. The molecule has 0 N–H and O–H groups in total. The standard InChI is InChI=1S/C21H41F3O3S.Zn/c1-3-5-7-9-11-12-14-16-18-20(17-15-13-10-8-6-4-2)19-27-28(25,26)21(22,23)24;/h20H,3-19H2,1-2H3;. The van der Waals surface area contributed by atoms with Gasteiger partial charge in [-0.15, -0.1) is 0 Å². The van der Waals surface area contributed by atoms with Crippen molar-refractivity contribution < 1.29 is 45.3 Å². The maximum Gasteiger partial charge on any atom is 0.523 e. The maximum atomic E-state index is 12.5. The van der Waals surface area contributed by atoms with E-state index < -0.39 is 15.6 Å². The molecule has 0 heterocycles. The van der Waals surface area contributed by atoms with Crippen molar-refractivity contribution in [1.29, 1.82) is 0 Å². The third kappa shape index (κ3) is 17.7. The van der Waals surface area contributed by atoms with E-state index in [0.717, 1.165) is 51.4 Å². The third-order valence-electron chi connectivity index (χ3n) is 5.17. The summed E-state index contributed by atoms with van der Waals surface area (Å²) in [6.07, 6.45) is 17.4. The van der Waals surface area contributed by atoms with E-state index in [1.165, 1.54) is 51.4 Å². The molecule has 0 radical (unpaired) electrons. The Kier molecular flexibility index (Phi) is 20.7. The van der Waals surface area contributed by atoms with Crippen LogP contribution in [0, 0.1) is 5.92 Å². The summed E-state index contributed by atoms with van der Waals surface area (Å²) in [6.45, 7) is 3.98. The quantitative estimate of drug-likeness (QED) is 0.0796. The number of halogens is 3. The predicted octanol–water partition coefficient (Wildman–Crippen LogP) is 7.75. The zero-order chi connectivity index (χ0) is 21.3. The van der Waals surface area contributed by atoms with Gasteiger partial charge < -0.3 is 0 Å². The topological polar surface area (TPSA) is 43.4 Å². The van der Waals surface area contributed by atoms with Gasteiger partial charge in [0, 0.05) is 19.5 Å². The Morgan fingerprint density at radius 3 is 1.38 bits per heavy atom. The van der Waals surface area contributed by atoms with E-state index in [-0.39, 0.29) is 32.0 Å². The van der Waals surface area contributed by atoms with Gasteiger partial charge in [0.15, 0.2) is 0 Å². The van der Waals surface area contributed by atoms with E-state index in [1.54, 1.807) is 0 Å². The van der Waals surface area contributed by atoms with Crippen LogP contribution in [0.15, 0.2) is 0 Å². The van der Waals surface area contributed by atoms with E-state index >= 15 is 0 Å². The Hall–Kier alpha value is 0.323. The average molecular weight is 496 g/mol. The van der Waals surface area contributed by atoms with Crippen LogP contribution in [0.5, 0.6) is 0 Å². The van der Waals surface area contributed by atoms with Crippen LogP contribution in [-0.4, -0.2) is 20.5 Å². The predicted molar refractivity (Wildman–Crippen MR) is 110 cm³/mol. The number of rotatable bonds is 19. The first-order chi connectivity index (χ1) is 13.2. The Labute approximate surface area is 189 Å². The van der Waals surface area contributed by atoms with E-state index in [2.05, 4.69) is 18.0 Å². The Morgan fingerprint density at radius 2 is 1.03 bits per heavy atom. The molecule has 3 nitrogen and oxygen atoms in total. The van der Waals surface area contributed by atoms with Crippen LogP contribution in [0.4, 0.5) is 13.2 Å². The van der Waals surface area contributed by atoms with Gasteiger partial charge in [-0.25, -0.2) is 0 Å². The number of alkyl halides is 3. The first kappa shape index (κ1) is 31.5. The smallest absolute Gasteiger partial charge is 0.263 e. The van der Waals surface area contributed by atoms with E-state index in [9.17, 15) is 21.6 Å². The van der Waals surface area contributed by atoms with Crippen molar-refractivity contribution in [3.8, 4) is 0 Å². The van der Waals surface area contributed by atoms with Crippen LogP contribution in [-0.2, 0) is 33.8 Å². The van der Waals surface area contributed by atoms with Crippen LogP contribution in [0.3, 0.4) is 0 Å². The molecule has 0 aliphatic heterocycles. The molecular formula is C21H41F3O3SZn. The number of unbranched alkanes of at least 4 members (excludes halogenated alkanes) is 12. The summed E-state index contributed by atoms with van der Waals surface area (Å²) < 4.78 is 64.1. The van der Waals surface area contributed by atoms with Gasteiger partial charge in [-0.2, -0.15) is 21.6 Å². The molecule has 0 spiro atoms. The first-order valence-electron chi connectivity index (χ1n) is 11.2. The van der Waals surface area contributed by atoms with E-state index in [4.69, 9.17) is 0 Å². The molecule has 172 valence electrons. The molecule has 0 amide bonds. The minimum absolute atomic E-state index is 0. The molecule has 0 aromatic heterocycles. The fraction of sp³-hybridized carbons (Fsp3) is 1.00. The molecule has 0 bridgehead atoms. The second kappa shape index (κ2) is 19.0. The summed E-state index contributed by atoms with van der Waals surface area (Å²) >= 11 is 0. The molecule has 0 aromatic carbocycles. The Balaban J connectivity index is 0. The average Bonchev–Trinajstić information content (AvgIpc) is 2.63. The zero-order valence-corrected chi connectivity index (χ0v) is 22.4. The van der Waals surface area contributed by atoms with Crippen LogP contribution < -0.4 is 0 Å². The fourth-order valence-corrected chi connectivity index (χ4v) is 3.85. The van der Waals surface area contributed by atoms with Gasteiger partial charge in [0.25, 0.3) is 0 Å². The summed E-state index contributed by atoms with van der Waals surface area (Å²) in [7, 11) is -5.48. The third-order valence-corrected chi connectivity index (χ3v) is 6.19.